The van der Waals surface area contributed by atoms with E-state index < -0.39 is 0 Å². The lowest BCUT2D eigenvalue weighted by Crippen LogP contribution is -1.47. The molecule has 0 aromatic rings. The Bertz CT molecular complexity index is 58.0. The van der Waals surface area contributed by atoms with Crippen LogP contribution in [0.2, 0.25) is 0 Å². The van der Waals surface area contributed by atoms with Crippen LogP contribution in [0.3, 0.4) is 0 Å². The van der Waals surface area contributed by atoms with Crippen LogP contribution < -0.4 is 0 Å². The SMILES string of the molecule is CC=CC.CC=CC.CCCC. The Morgan fingerprint density at radius 1 is 0.583 bits per heavy atom. The van der Waals surface area contributed by atoms with Gasteiger partial charge in [-0.3, -0.25) is 0 Å². The maximum Gasteiger partial charge on any atom is -0.0470 e. The quantitative estimate of drug-likeness (QED) is 0.487. The standard InChI is InChI=1S/C4H10.2C4H8/c3*1-3-4-2/h3-4H2,1-2H3;2*3-4H,1-2H3. The lowest BCUT2D eigenvalue weighted by Gasteiger charge is -1.68. The third-order valence-corrected chi connectivity index (χ3v) is 1.17. The van der Waals surface area contributed by atoms with E-state index in [0.717, 1.165) is 0 Å². The van der Waals surface area contributed by atoms with E-state index in [4.69, 9.17) is 0 Å². The van der Waals surface area contributed by atoms with Crippen LogP contribution in [-0.4, -0.2) is 0 Å². The second kappa shape index (κ2) is 31.4. The van der Waals surface area contributed by atoms with Crippen LogP contribution in [0.25, 0.3) is 0 Å². The zero-order valence-corrected chi connectivity index (χ0v) is 9.72. The summed E-state index contributed by atoms with van der Waals surface area (Å²) in [7, 11) is 0. The molecule has 0 unspecified atom stereocenters. The summed E-state index contributed by atoms with van der Waals surface area (Å²) in [6.45, 7) is 12.4. The molecule has 0 aliphatic heterocycles. The zero-order valence-electron chi connectivity index (χ0n) is 9.72. The Balaban J connectivity index is -0.000000101. The molecular formula is C12H26. The van der Waals surface area contributed by atoms with Gasteiger partial charge in [0.1, 0.15) is 0 Å². The van der Waals surface area contributed by atoms with E-state index in [9.17, 15) is 0 Å². The minimum absolute atomic E-state index is 1.32. The van der Waals surface area contributed by atoms with Gasteiger partial charge in [0.05, 0.1) is 0 Å². The van der Waals surface area contributed by atoms with Crippen molar-refractivity contribution in [3.05, 3.63) is 24.3 Å². The second-order valence-corrected chi connectivity index (χ2v) is 2.33. The summed E-state index contributed by atoms with van der Waals surface area (Å²) in [5.41, 5.74) is 0. The topological polar surface area (TPSA) is 0 Å². The van der Waals surface area contributed by atoms with Gasteiger partial charge in [0.25, 0.3) is 0 Å². The van der Waals surface area contributed by atoms with Crippen molar-refractivity contribution in [3.63, 3.8) is 0 Å². The van der Waals surface area contributed by atoms with E-state index in [2.05, 4.69) is 13.8 Å². The number of unbranched alkanes of at least 4 members (excludes halogenated alkanes) is 1. The molecule has 0 atom stereocenters. The van der Waals surface area contributed by atoms with Crippen molar-refractivity contribution in [1.82, 2.24) is 0 Å². The number of rotatable bonds is 1. The van der Waals surface area contributed by atoms with Gasteiger partial charge in [0, 0.05) is 0 Å². The van der Waals surface area contributed by atoms with Gasteiger partial charge in [-0.05, 0) is 27.7 Å². The van der Waals surface area contributed by atoms with E-state index in [-0.39, 0.29) is 0 Å². The highest BCUT2D eigenvalue weighted by molar-refractivity contribution is 4.68. The zero-order chi connectivity index (χ0) is 10.2. The van der Waals surface area contributed by atoms with Crippen LogP contribution in [0.5, 0.6) is 0 Å². The summed E-state index contributed by atoms with van der Waals surface area (Å²) in [5.74, 6) is 0. The van der Waals surface area contributed by atoms with Gasteiger partial charge < -0.3 is 0 Å². The van der Waals surface area contributed by atoms with Crippen molar-refractivity contribution in [2.75, 3.05) is 0 Å². The predicted octanol–water partition coefficient (Wildman–Crippen LogP) is 4.97. The highest BCUT2D eigenvalue weighted by Gasteiger charge is 1.56. The predicted molar refractivity (Wildman–Crippen MR) is 61.6 cm³/mol. The van der Waals surface area contributed by atoms with Crippen molar-refractivity contribution in [2.24, 2.45) is 0 Å². The molecule has 12 heavy (non-hydrogen) atoms. The summed E-state index contributed by atoms with van der Waals surface area (Å²) in [6.07, 6.45) is 10.6. The molecule has 0 saturated heterocycles. The molecule has 0 fully saturated rings. The Hall–Kier alpha value is -0.520. The number of hydrogen-bond acceptors (Lipinski definition) is 0. The molecule has 0 amide bonds. The van der Waals surface area contributed by atoms with E-state index in [1.807, 2.05) is 52.0 Å². The molecule has 0 bridgehead atoms. The van der Waals surface area contributed by atoms with Crippen molar-refractivity contribution in [3.8, 4) is 0 Å². The van der Waals surface area contributed by atoms with E-state index in [1.165, 1.54) is 12.8 Å². The van der Waals surface area contributed by atoms with Gasteiger partial charge in [-0.25, -0.2) is 0 Å². The van der Waals surface area contributed by atoms with Gasteiger partial charge >= 0.3 is 0 Å². The number of hydrogen-bond donors (Lipinski definition) is 0. The fourth-order valence-electron chi connectivity index (χ4n) is 0. The van der Waals surface area contributed by atoms with Crippen molar-refractivity contribution >= 4 is 0 Å². The molecule has 0 aromatic carbocycles. The Labute approximate surface area is 79.4 Å². The van der Waals surface area contributed by atoms with E-state index in [0.29, 0.717) is 0 Å². The third-order valence-electron chi connectivity index (χ3n) is 1.17. The first-order valence-corrected chi connectivity index (χ1v) is 4.89. The summed E-state index contributed by atoms with van der Waals surface area (Å²) in [6, 6.07) is 0. The van der Waals surface area contributed by atoms with Gasteiger partial charge in [-0.15, -0.1) is 0 Å². The Morgan fingerprint density at radius 3 is 0.750 bits per heavy atom. The fourth-order valence-corrected chi connectivity index (χ4v) is 0. The third kappa shape index (κ3) is 111. The molecule has 0 saturated carbocycles. The molecule has 74 valence electrons. The molecule has 0 N–H and O–H groups in total. The molecule has 0 rings (SSSR count). The summed E-state index contributed by atoms with van der Waals surface area (Å²) >= 11 is 0. The van der Waals surface area contributed by atoms with Crippen molar-refractivity contribution < 1.29 is 0 Å². The molecule has 0 aromatic heterocycles. The highest BCUT2D eigenvalue weighted by atomic mass is 13.6. The maximum atomic E-state index is 2.18. The van der Waals surface area contributed by atoms with Crippen LogP contribution in [0, 0.1) is 0 Å². The highest BCUT2D eigenvalue weighted by Crippen LogP contribution is 1.76. The lowest BCUT2D eigenvalue weighted by molar-refractivity contribution is 0.886. The maximum absolute atomic E-state index is 2.18. The summed E-state index contributed by atoms with van der Waals surface area (Å²) < 4.78 is 0. The first-order chi connectivity index (χ1) is 5.74. The smallest absolute Gasteiger partial charge is 0.0470 e. The second-order valence-electron chi connectivity index (χ2n) is 2.33. The minimum atomic E-state index is 1.32. The average Bonchev–Trinajstić information content (AvgIpc) is 2.18. The van der Waals surface area contributed by atoms with Gasteiger partial charge in [-0.1, -0.05) is 51.0 Å². The van der Waals surface area contributed by atoms with E-state index in [1.54, 1.807) is 0 Å². The monoisotopic (exact) mass is 170 g/mol. The summed E-state index contributed by atoms with van der Waals surface area (Å²) in [5, 5.41) is 0. The Kier molecular flexibility index (Phi) is 45.8. The first-order valence-electron chi connectivity index (χ1n) is 4.89. The van der Waals surface area contributed by atoms with Crippen LogP contribution >= 0.6 is 0 Å². The van der Waals surface area contributed by atoms with Gasteiger partial charge in [0.15, 0.2) is 0 Å². The summed E-state index contributed by atoms with van der Waals surface area (Å²) in [4.78, 5) is 0. The number of allylic oxidation sites excluding steroid dienone is 4. The molecule has 0 radical (unpaired) electrons. The van der Waals surface area contributed by atoms with Crippen molar-refractivity contribution in [1.29, 1.82) is 0 Å². The normalized spacial score (nSPS) is 8.83. The molecule has 0 aliphatic carbocycles. The van der Waals surface area contributed by atoms with E-state index >= 15 is 0 Å². The Morgan fingerprint density at radius 2 is 0.750 bits per heavy atom. The molecule has 0 heterocycles. The average molecular weight is 170 g/mol. The van der Waals surface area contributed by atoms with Gasteiger partial charge in [0.2, 0.25) is 0 Å². The lowest BCUT2D eigenvalue weighted by atomic mass is 10.4. The molecule has 0 heteroatoms. The van der Waals surface area contributed by atoms with Crippen LogP contribution in [0.4, 0.5) is 0 Å². The molecule has 0 aliphatic rings. The van der Waals surface area contributed by atoms with Crippen LogP contribution in [0.15, 0.2) is 24.3 Å². The largest absolute Gasteiger partial charge is 0.0919 e. The molecule has 0 nitrogen and oxygen atoms in total. The molecular weight excluding hydrogens is 144 g/mol. The minimum Gasteiger partial charge on any atom is -0.0919 e. The van der Waals surface area contributed by atoms with Crippen LogP contribution in [0.1, 0.15) is 54.4 Å². The van der Waals surface area contributed by atoms with Crippen LogP contribution in [-0.2, 0) is 0 Å². The molecule has 0 spiro atoms. The van der Waals surface area contributed by atoms with Crippen molar-refractivity contribution in [2.45, 2.75) is 54.4 Å². The van der Waals surface area contributed by atoms with Gasteiger partial charge in [-0.2, -0.15) is 0 Å². The first kappa shape index (κ1) is 17.5. The fraction of sp³-hybridized carbons (Fsp3) is 0.667.